The Labute approximate surface area is 115 Å². The van der Waals surface area contributed by atoms with E-state index in [1.54, 1.807) is 13.0 Å². The fraction of sp³-hybridized carbons (Fsp3) is 0.471. The zero-order valence-corrected chi connectivity index (χ0v) is 11.6. The molecule has 1 aliphatic rings. The minimum absolute atomic E-state index is 0.387. The van der Waals surface area contributed by atoms with Gasteiger partial charge in [-0.3, -0.25) is 0 Å². The highest BCUT2D eigenvalue weighted by atomic mass is 16.4. The number of aliphatic carboxylic acids is 1. The fourth-order valence-corrected chi connectivity index (χ4v) is 2.83. The van der Waals surface area contributed by atoms with Gasteiger partial charge in [-0.1, -0.05) is 49.9 Å². The molecule has 0 aliphatic heterocycles. The first kappa shape index (κ1) is 13.9. The molecule has 0 unspecified atom stereocenters. The summed E-state index contributed by atoms with van der Waals surface area (Å²) in [6.45, 7) is 1.64. The summed E-state index contributed by atoms with van der Waals surface area (Å²) >= 11 is 0. The van der Waals surface area contributed by atoms with Crippen molar-refractivity contribution in [1.82, 2.24) is 0 Å². The van der Waals surface area contributed by atoms with Gasteiger partial charge in [0.25, 0.3) is 0 Å². The molecule has 0 saturated heterocycles. The number of carbonyl (C=O) groups is 1. The Hall–Kier alpha value is -1.57. The Morgan fingerprint density at radius 2 is 1.89 bits per heavy atom. The van der Waals surface area contributed by atoms with Gasteiger partial charge in [-0.25, -0.2) is 4.79 Å². The molecular formula is C17H22O2. The van der Waals surface area contributed by atoms with Crippen LogP contribution in [0.5, 0.6) is 0 Å². The Kier molecular flexibility index (Phi) is 4.78. The van der Waals surface area contributed by atoms with E-state index < -0.39 is 5.97 Å². The van der Waals surface area contributed by atoms with Crippen molar-refractivity contribution in [3.8, 4) is 0 Å². The average Bonchev–Trinajstić information content (AvgIpc) is 2.67. The Morgan fingerprint density at radius 1 is 1.21 bits per heavy atom. The largest absolute Gasteiger partial charge is 0.478 e. The quantitative estimate of drug-likeness (QED) is 0.635. The zero-order valence-electron chi connectivity index (χ0n) is 11.6. The van der Waals surface area contributed by atoms with Crippen molar-refractivity contribution in [1.29, 1.82) is 0 Å². The lowest BCUT2D eigenvalue weighted by Crippen LogP contribution is -1.98. The molecule has 1 aromatic carbocycles. The molecule has 2 nitrogen and oxygen atoms in total. The lowest BCUT2D eigenvalue weighted by molar-refractivity contribution is -0.132. The van der Waals surface area contributed by atoms with Crippen molar-refractivity contribution in [3.05, 3.63) is 41.0 Å². The highest BCUT2D eigenvalue weighted by Gasteiger charge is 2.14. The summed E-state index contributed by atoms with van der Waals surface area (Å²) in [5.41, 5.74) is 2.76. The Bertz CT molecular complexity index is 466. The third-order valence-electron chi connectivity index (χ3n) is 3.96. The van der Waals surface area contributed by atoms with Crippen LogP contribution in [0.4, 0.5) is 0 Å². The molecule has 0 spiro atoms. The molecule has 1 aliphatic carbocycles. The maximum atomic E-state index is 10.9. The predicted octanol–water partition coefficient (Wildman–Crippen LogP) is 4.61. The van der Waals surface area contributed by atoms with E-state index in [0.29, 0.717) is 11.5 Å². The van der Waals surface area contributed by atoms with E-state index >= 15 is 0 Å². The molecule has 1 saturated carbocycles. The molecule has 2 rings (SSSR count). The normalized spacial score (nSPS) is 18.1. The molecular weight excluding hydrogens is 236 g/mol. The first-order valence-corrected chi connectivity index (χ1v) is 7.18. The van der Waals surface area contributed by atoms with Crippen LogP contribution in [0, 0.1) is 0 Å². The fourth-order valence-electron chi connectivity index (χ4n) is 2.83. The molecule has 1 N–H and O–H groups in total. The second-order valence-corrected chi connectivity index (χ2v) is 5.49. The van der Waals surface area contributed by atoms with Crippen LogP contribution in [0.15, 0.2) is 29.8 Å². The minimum atomic E-state index is -0.847. The van der Waals surface area contributed by atoms with Crippen molar-refractivity contribution in [3.63, 3.8) is 0 Å². The molecule has 0 aromatic heterocycles. The van der Waals surface area contributed by atoms with E-state index in [0.717, 1.165) is 5.56 Å². The highest BCUT2D eigenvalue weighted by Crippen LogP contribution is 2.32. The zero-order chi connectivity index (χ0) is 13.7. The maximum Gasteiger partial charge on any atom is 0.331 e. The van der Waals surface area contributed by atoms with Gasteiger partial charge >= 0.3 is 5.97 Å². The topological polar surface area (TPSA) is 37.3 Å². The summed E-state index contributed by atoms with van der Waals surface area (Å²) in [6, 6.07) is 8.36. The van der Waals surface area contributed by atoms with Crippen LogP contribution in [0.2, 0.25) is 0 Å². The monoisotopic (exact) mass is 258 g/mol. The lowest BCUT2D eigenvalue weighted by atomic mass is 9.90. The van der Waals surface area contributed by atoms with Crippen molar-refractivity contribution in [2.75, 3.05) is 0 Å². The molecule has 2 heteroatoms. The van der Waals surface area contributed by atoms with Gasteiger partial charge in [0.15, 0.2) is 0 Å². The summed E-state index contributed by atoms with van der Waals surface area (Å²) in [7, 11) is 0. The Morgan fingerprint density at radius 3 is 2.53 bits per heavy atom. The number of carboxylic acids is 1. The van der Waals surface area contributed by atoms with Crippen molar-refractivity contribution in [2.45, 2.75) is 51.4 Å². The molecule has 0 amide bonds. The van der Waals surface area contributed by atoms with E-state index in [1.807, 2.05) is 12.1 Å². The molecule has 0 atom stereocenters. The standard InChI is InChI=1S/C17H22O2/c1-13(17(18)19)11-14-7-6-10-16(12-14)15-8-4-2-3-5-9-15/h6-7,10-12,15H,2-5,8-9H2,1H3,(H,18,19). The van der Waals surface area contributed by atoms with Crippen LogP contribution in [-0.4, -0.2) is 11.1 Å². The molecule has 1 aromatic rings. The molecule has 0 bridgehead atoms. The summed E-state index contributed by atoms with van der Waals surface area (Å²) in [5.74, 6) is -0.194. The van der Waals surface area contributed by atoms with Crippen LogP contribution in [0.1, 0.15) is 62.5 Å². The summed E-state index contributed by atoms with van der Waals surface area (Å²) < 4.78 is 0. The van der Waals surface area contributed by atoms with Crippen molar-refractivity contribution < 1.29 is 9.90 Å². The van der Waals surface area contributed by atoms with Crippen LogP contribution >= 0.6 is 0 Å². The van der Waals surface area contributed by atoms with Gasteiger partial charge < -0.3 is 5.11 Å². The molecule has 0 heterocycles. The van der Waals surface area contributed by atoms with Gasteiger partial charge in [-0.05, 0) is 42.9 Å². The highest BCUT2D eigenvalue weighted by molar-refractivity contribution is 5.91. The van der Waals surface area contributed by atoms with E-state index in [4.69, 9.17) is 5.11 Å². The summed E-state index contributed by atoms with van der Waals surface area (Å²) in [4.78, 5) is 10.9. The number of hydrogen-bond donors (Lipinski definition) is 1. The maximum absolute atomic E-state index is 10.9. The van der Waals surface area contributed by atoms with Crippen LogP contribution < -0.4 is 0 Å². The Balaban J connectivity index is 2.18. The smallest absolute Gasteiger partial charge is 0.331 e. The van der Waals surface area contributed by atoms with E-state index in [2.05, 4.69) is 12.1 Å². The SMILES string of the molecule is CC(=Cc1cccc(C2CCCCCC2)c1)C(=O)O. The molecule has 1 fully saturated rings. The van der Waals surface area contributed by atoms with Gasteiger partial charge in [-0.15, -0.1) is 0 Å². The third kappa shape index (κ3) is 3.95. The second kappa shape index (κ2) is 6.55. The number of hydrogen-bond acceptors (Lipinski definition) is 1. The van der Waals surface area contributed by atoms with E-state index in [-0.39, 0.29) is 0 Å². The van der Waals surface area contributed by atoms with Crippen LogP contribution in [0.3, 0.4) is 0 Å². The second-order valence-electron chi connectivity index (χ2n) is 5.49. The van der Waals surface area contributed by atoms with Crippen molar-refractivity contribution in [2.24, 2.45) is 0 Å². The predicted molar refractivity (Wildman–Crippen MR) is 78.2 cm³/mol. The van der Waals surface area contributed by atoms with Gasteiger partial charge in [0.1, 0.15) is 0 Å². The number of rotatable bonds is 3. The van der Waals surface area contributed by atoms with Crippen molar-refractivity contribution >= 4 is 12.0 Å². The third-order valence-corrected chi connectivity index (χ3v) is 3.96. The van der Waals surface area contributed by atoms with Gasteiger partial charge in [0.05, 0.1) is 0 Å². The summed E-state index contributed by atoms with van der Waals surface area (Å²) in [6.07, 6.45) is 9.64. The van der Waals surface area contributed by atoms with E-state index in [9.17, 15) is 4.79 Å². The van der Waals surface area contributed by atoms with Gasteiger partial charge in [0, 0.05) is 5.57 Å². The summed E-state index contributed by atoms with van der Waals surface area (Å²) in [5, 5.41) is 8.93. The average molecular weight is 258 g/mol. The minimum Gasteiger partial charge on any atom is -0.478 e. The lowest BCUT2D eigenvalue weighted by Gasteiger charge is -2.15. The number of carboxylic acid groups (broad SMARTS) is 1. The van der Waals surface area contributed by atoms with E-state index in [1.165, 1.54) is 44.1 Å². The number of benzene rings is 1. The van der Waals surface area contributed by atoms with Gasteiger partial charge in [0.2, 0.25) is 0 Å². The van der Waals surface area contributed by atoms with Crippen LogP contribution in [0.25, 0.3) is 6.08 Å². The molecule has 102 valence electrons. The molecule has 19 heavy (non-hydrogen) atoms. The van der Waals surface area contributed by atoms with Crippen LogP contribution in [-0.2, 0) is 4.79 Å². The first-order valence-electron chi connectivity index (χ1n) is 7.18. The first-order chi connectivity index (χ1) is 9.16. The van der Waals surface area contributed by atoms with Gasteiger partial charge in [-0.2, -0.15) is 0 Å². The molecule has 0 radical (unpaired) electrons.